The van der Waals surface area contributed by atoms with Crippen LogP contribution in [0.25, 0.3) is 81.7 Å². The van der Waals surface area contributed by atoms with Gasteiger partial charge in [0.25, 0.3) is 0 Å². The second-order valence-electron chi connectivity index (χ2n) is 10.9. The average molecular weight is 581 g/mol. The summed E-state index contributed by atoms with van der Waals surface area (Å²) in [5, 5.41) is 4.99. The van der Waals surface area contributed by atoms with Gasteiger partial charge in [0.2, 0.25) is 0 Å². The largest absolute Gasteiger partial charge is 0.292 e. The van der Waals surface area contributed by atoms with Gasteiger partial charge in [0.15, 0.2) is 5.82 Å². The molecule has 0 fully saturated rings. The van der Waals surface area contributed by atoms with Crippen molar-refractivity contribution in [1.82, 2.24) is 19.5 Å². The lowest BCUT2D eigenvalue weighted by molar-refractivity contribution is 1.08. The minimum Gasteiger partial charge on any atom is -0.292 e. The van der Waals surface area contributed by atoms with Gasteiger partial charge >= 0.3 is 0 Å². The molecule has 5 aromatic carbocycles. The van der Waals surface area contributed by atoms with E-state index in [0.717, 1.165) is 39.4 Å². The van der Waals surface area contributed by atoms with E-state index in [2.05, 4.69) is 102 Å². The lowest BCUT2D eigenvalue weighted by atomic mass is 10.1. The van der Waals surface area contributed by atoms with Gasteiger partial charge in [-0.05, 0) is 30.3 Å². The lowest BCUT2D eigenvalue weighted by Gasteiger charge is -2.11. The van der Waals surface area contributed by atoms with E-state index in [9.17, 15) is 0 Å². The van der Waals surface area contributed by atoms with Crippen molar-refractivity contribution >= 4 is 53.3 Å². The molecule has 0 saturated heterocycles. The number of hydrogen-bond acceptors (Lipinski definition) is 4. The van der Waals surface area contributed by atoms with Gasteiger partial charge in [-0.2, -0.15) is 0 Å². The standard InChI is InChI=1S/C39H24N4S/c1-3-11-25(12-4-1)32-24-33(26-13-5-2-6-14-26)42-39(41-32)27-21-22-40-36(23-27)43-34-17-9-7-15-28(34)30-19-20-31-29-16-8-10-18-35(29)44-38(31)37(30)43/h1-24H. The first-order valence-electron chi connectivity index (χ1n) is 14.6. The van der Waals surface area contributed by atoms with Crippen LogP contribution in [0, 0.1) is 0 Å². The number of benzene rings is 5. The van der Waals surface area contributed by atoms with Gasteiger partial charge in [0.05, 0.1) is 27.1 Å². The van der Waals surface area contributed by atoms with Crippen molar-refractivity contribution in [3.63, 3.8) is 0 Å². The summed E-state index contributed by atoms with van der Waals surface area (Å²) in [4.78, 5) is 15.1. The summed E-state index contributed by atoms with van der Waals surface area (Å²) in [6.07, 6.45) is 1.87. The third-order valence-electron chi connectivity index (χ3n) is 8.28. The first-order chi connectivity index (χ1) is 21.8. The molecule has 4 aromatic heterocycles. The maximum Gasteiger partial charge on any atom is 0.160 e. The molecule has 0 spiro atoms. The van der Waals surface area contributed by atoms with E-state index in [-0.39, 0.29) is 0 Å². The van der Waals surface area contributed by atoms with Crippen molar-refractivity contribution in [3.8, 4) is 39.7 Å². The summed E-state index contributed by atoms with van der Waals surface area (Å²) in [5.41, 5.74) is 7.10. The van der Waals surface area contributed by atoms with Crippen molar-refractivity contribution in [3.05, 3.63) is 146 Å². The SMILES string of the molecule is c1ccc(-c2cc(-c3ccccc3)nc(-c3ccnc(-n4c5ccccc5c5ccc6c7ccccc7sc6c54)c3)n2)cc1. The Morgan fingerprint density at radius 1 is 0.500 bits per heavy atom. The molecule has 0 N–H and O–H groups in total. The van der Waals surface area contributed by atoms with Crippen LogP contribution in [-0.2, 0) is 0 Å². The fourth-order valence-corrected chi connectivity index (χ4v) is 7.48. The van der Waals surface area contributed by atoms with Crippen LogP contribution in [0.2, 0.25) is 0 Å². The first-order valence-corrected chi connectivity index (χ1v) is 15.4. The number of hydrogen-bond donors (Lipinski definition) is 0. The van der Waals surface area contributed by atoms with Crippen LogP contribution >= 0.6 is 11.3 Å². The Balaban J connectivity index is 1.30. The van der Waals surface area contributed by atoms with E-state index in [4.69, 9.17) is 15.0 Å². The number of aromatic nitrogens is 4. The molecule has 0 unspecified atom stereocenters. The molecule has 0 aliphatic heterocycles. The van der Waals surface area contributed by atoms with Crippen LogP contribution in [0.15, 0.2) is 146 Å². The molecule has 206 valence electrons. The third kappa shape index (κ3) is 3.94. The monoisotopic (exact) mass is 580 g/mol. The van der Waals surface area contributed by atoms with Gasteiger partial charge in [-0.15, -0.1) is 11.3 Å². The highest BCUT2D eigenvalue weighted by Gasteiger charge is 2.19. The van der Waals surface area contributed by atoms with Crippen LogP contribution in [-0.4, -0.2) is 19.5 Å². The summed E-state index contributed by atoms with van der Waals surface area (Å²) in [6.45, 7) is 0. The first kappa shape index (κ1) is 24.9. The quantitative estimate of drug-likeness (QED) is 0.208. The molecule has 0 aliphatic rings. The summed E-state index contributed by atoms with van der Waals surface area (Å²) < 4.78 is 4.86. The van der Waals surface area contributed by atoms with E-state index in [1.807, 2.05) is 60.0 Å². The molecule has 9 aromatic rings. The second-order valence-corrected chi connectivity index (χ2v) is 11.9. The number of rotatable bonds is 4. The van der Waals surface area contributed by atoms with Crippen molar-refractivity contribution in [2.24, 2.45) is 0 Å². The number of thiophene rings is 1. The van der Waals surface area contributed by atoms with Gasteiger partial charge in [-0.25, -0.2) is 15.0 Å². The van der Waals surface area contributed by atoms with Crippen molar-refractivity contribution < 1.29 is 0 Å². The third-order valence-corrected chi connectivity index (χ3v) is 9.47. The minimum absolute atomic E-state index is 0.668. The maximum atomic E-state index is 5.08. The molecular weight excluding hydrogens is 557 g/mol. The molecule has 0 radical (unpaired) electrons. The summed E-state index contributed by atoms with van der Waals surface area (Å²) in [6, 6.07) is 48.6. The molecule has 4 nitrogen and oxygen atoms in total. The number of nitrogens with zero attached hydrogens (tertiary/aromatic N) is 4. The molecular formula is C39H24N4S. The van der Waals surface area contributed by atoms with E-state index in [1.54, 1.807) is 0 Å². The predicted molar refractivity (Wildman–Crippen MR) is 183 cm³/mol. The molecule has 0 atom stereocenters. The Kier molecular flexibility index (Phi) is 5.64. The number of para-hydroxylation sites is 1. The average Bonchev–Trinajstić information content (AvgIpc) is 3.65. The van der Waals surface area contributed by atoms with Crippen LogP contribution in [0.1, 0.15) is 0 Å². The fourth-order valence-electron chi connectivity index (χ4n) is 6.24. The lowest BCUT2D eigenvalue weighted by Crippen LogP contribution is -2.00. The molecule has 9 rings (SSSR count). The van der Waals surface area contributed by atoms with Gasteiger partial charge in [0.1, 0.15) is 5.82 Å². The number of pyridine rings is 1. The highest BCUT2D eigenvalue weighted by Crippen LogP contribution is 2.42. The van der Waals surface area contributed by atoms with E-state index >= 15 is 0 Å². The van der Waals surface area contributed by atoms with Crippen LogP contribution in [0.3, 0.4) is 0 Å². The zero-order chi connectivity index (χ0) is 29.0. The zero-order valence-electron chi connectivity index (χ0n) is 23.6. The van der Waals surface area contributed by atoms with Gasteiger partial charge < -0.3 is 0 Å². The molecule has 44 heavy (non-hydrogen) atoms. The summed E-state index contributed by atoms with van der Waals surface area (Å²) in [5.74, 6) is 1.51. The molecule has 0 aliphatic carbocycles. The Labute approximate surface area is 257 Å². The van der Waals surface area contributed by atoms with Gasteiger partial charge in [-0.3, -0.25) is 4.57 Å². The Morgan fingerprint density at radius 2 is 1.14 bits per heavy atom. The number of fused-ring (bicyclic) bond motifs is 7. The molecule has 5 heteroatoms. The van der Waals surface area contributed by atoms with Gasteiger partial charge in [-0.1, -0.05) is 109 Å². The maximum absolute atomic E-state index is 5.08. The van der Waals surface area contributed by atoms with E-state index in [0.29, 0.717) is 5.82 Å². The fraction of sp³-hybridized carbons (Fsp3) is 0. The Bertz CT molecular complexity index is 2440. The molecule has 0 saturated carbocycles. The van der Waals surface area contributed by atoms with E-state index < -0.39 is 0 Å². The Hall–Kier alpha value is -5.65. The van der Waals surface area contributed by atoms with Crippen LogP contribution < -0.4 is 0 Å². The highest BCUT2D eigenvalue weighted by molar-refractivity contribution is 7.26. The topological polar surface area (TPSA) is 43.6 Å². The van der Waals surface area contributed by atoms with Crippen LogP contribution in [0.5, 0.6) is 0 Å². The molecule has 0 bridgehead atoms. The molecule has 4 heterocycles. The normalized spacial score (nSPS) is 11.6. The second kappa shape index (κ2) is 9.97. The Morgan fingerprint density at radius 3 is 1.89 bits per heavy atom. The predicted octanol–water partition coefficient (Wildman–Crippen LogP) is 10.3. The zero-order valence-corrected chi connectivity index (χ0v) is 24.4. The van der Waals surface area contributed by atoms with Crippen LogP contribution in [0.4, 0.5) is 0 Å². The van der Waals surface area contributed by atoms with Crippen molar-refractivity contribution in [2.45, 2.75) is 0 Å². The van der Waals surface area contributed by atoms with E-state index in [1.165, 1.54) is 36.5 Å². The smallest absolute Gasteiger partial charge is 0.160 e. The minimum atomic E-state index is 0.668. The summed E-state index contributed by atoms with van der Waals surface area (Å²) in [7, 11) is 0. The van der Waals surface area contributed by atoms with Crippen molar-refractivity contribution in [2.75, 3.05) is 0 Å². The summed E-state index contributed by atoms with van der Waals surface area (Å²) >= 11 is 1.84. The highest BCUT2D eigenvalue weighted by atomic mass is 32.1. The van der Waals surface area contributed by atoms with Gasteiger partial charge in [0, 0.05) is 49.1 Å². The van der Waals surface area contributed by atoms with Crippen molar-refractivity contribution in [1.29, 1.82) is 0 Å². The molecule has 0 amide bonds.